The van der Waals surface area contributed by atoms with Gasteiger partial charge in [0, 0.05) is 16.3 Å². The van der Waals surface area contributed by atoms with Crippen molar-refractivity contribution in [2.75, 3.05) is 5.73 Å². The van der Waals surface area contributed by atoms with Crippen LogP contribution in [0.15, 0.2) is 33.9 Å². The van der Waals surface area contributed by atoms with Gasteiger partial charge in [0.15, 0.2) is 5.16 Å². The van der Waals surface area contributed by atoms with Crippen LogP contribution < -0.4 is 5.73 Å². The van der Waals surface area contributed by atoms with E-state index in [1.165, 1.54) is 5.56 Å². The normalized spacial score (nSPS) is 11.1. The van der Waals surface area contributed by atoms with Crippen LogP contribution in [0.2, 0.25) is 0 Å². The lowest BCUT2D eigenvalue weighted by Crippen LogP contribution is -2.06. The number of hydrogen-bond acceptors (Lipinski definition) is 4. The van der Waals surface area contributed by atoms with Crippen molar-refractivity contribution in [1.82, 2.24) is 14.8 Å². The Morgan fingerprint density at radius 3 is 2.83 bits per heavy atom. The molecule has 0 aliphatic rings. The van der Waals surface area contributed by atoms with E-state index in [1.807, 2.05) is 16.7 Å². The standard InChI is InChI=1S/C12H15BrN4S/c1-8(2)17-11(14)15-16-12(17)18-7-9-4-3-5-10(13)6-9/h3-6,8H,7H2,1-2H3,(H2,14,15). The van der Waals surface area contributed by atoms with Crippen molar-refractivity contribution in [2.24, 2.45) is 0 Å². The maximum absolute atomic E-state index is 5.80. The van der Waals surface area contributed by atoms with Crippen LogP contribution in [0.25, 0.3) is 0 Å². The first-order valence-electron chi connectivity index (χ1n) is 5.65. The van der Waals surface area contributed by atoms with Gasteiger partial charge >= 0.3 is 0 Å². The molecule has 0 aliphatic heterocycles. The predicted molar refractivity (Wildman–Crippen MR) is 78.5 cm³/mol. The van der Waals surface area contributed by atoms with Crippen molar-refractivity contribution in [3.05, 3.63) is 34.3 Å². The first-order valence-corrected chi connectivity index (χ1v) is 7.43. The van der Waals surface area contributed by atoms with Gasteiger partial charge in [0.2, 0.25) is 5.95 Å². The fourth-order valence-corrected chi connectivity index (χ4v) is 3.11. The lowest BCUT2D eigenvalue weighted by Gasteiger charge is -2.11. The minimum atomic E-state index is 0.269. The minimum absolute atomic E-state index is 0.269. The molecule has 0 atom stereocenters. The van der Waals surface area contributed by atoms with E-state index in [9.17, 15) is 0 Å². The van der Waals surface area contributed by atoms with Crippen molar-refractivity contribution >= 4 is 33.6 Å². The van der Waals surface area contributed by atoms with Gasteiger partial charge in [0.05, 0.1) is 0 Å². The molecular formula is C12H15BrN4S. The summed E-state index contributed by atoms with van der Waals surface area (Å²) in [7, 11) is 0. The number of anilines is 1. The second-order valence-corrected chi connectivity index (χ2v) is 6.08. The highest BCUT2D eigenvalue weighted by Gasteiger charge is 2.12. The molecule has 1 aromatic heterocycles. The minimum Gasteiger partial charge on any atom is -0.368 e. The third-order valence-corrected chi connectivity index (χ3v) is 3.97. The second-order valence-electron chi connectivity index (χ2n) is 4.22. The molecule has 2 N–H and O–H groups in total. The van der Waals surface area contributed by atoms with Crippen molar-refractivity contribution in [1.29, 1.82) is 0 Å². The fourth-order valence-electron chi connectivity index (χ4n) is 1.65. The van der Waals surface area contributed by atoms with Crippen molar-refractivity contribution in [3.63, 3.8) is 0 Å². The van der Waals surface area contributed by atoms with E-state index in [1.54, 1.807) is 11.8 Å². The number of hydrogen-bond donors (Lipinski definition) is 1. The molecule has 0 radical (unpaired) electrons. The van der Waals surface area contributed by atoms with Crippen molar-refractivity contribution < 1.29 is 0 Å². The Kier molecular flexibility index (Phi) is 4.29. The van der Waals surface area contributed by atoms with Gasteiger partial charge in [0.1, 0.15) is 0 Å². The molecule has 0 bridgehead atoms. The molecule has 96 valence electrons. The summed E-state index contributed by atoms with van der Waals surface area (Å²) >= 11 is 5.11. The zero-order valence-electron chi connectivity index (χ0n) is 10.3. The molecule has 0 fully saturated rings. The second kappa shape index (κ2) is 5.75. The number of benzene rings is 1. The number of halogens is 1. The van der Waals surface area contributed by atoms with Gasteiger partial charge in [-0.2, -0.15) is 0 Å². The summed E-state index contributed by atoms with van der Waals surface area (Å²) in [6.07, 6.45) is 0. The molecule has 0 unspecified atom stereocenters. The molecule has 0 saturated carbocycles. The number of aromatic nitrogens is 3. The van der Waals surface area contributed by atoms with Crippen molar-refractivity contribution in [2.45, 2.75) is 30.8 Å². The summed E-state index contributed by atoms with van der Waals surface area (Å²) in [5, 5.41) is 8.91. The SMILES string of the molecule is CC(C)n1c(N)nnc1SCc1cccc(Br)c1. The van der Waals surface area contributed by atoms with Crippen molar-refractivity contribution in [3.8, 4) is 0 Å². The number of nitrogens with two attached hydrogens (primary N) is 1. The Bertz CT molecular complexity index is 539. The average molecular weight is 327 g/mol. The topological polar surface area (TPSA) is 56.7 Å². The summed E-state index contributed by atoms with van der Waals surface area (Å²) in [6.45, 7) is 4.14. The number of nitrogen functional groups attached to an aromatic ring is 1. The van der Waals surface area contributed by atoms with E-state index in [2.05, 4.69) is 52.1 Å². The highest BCUT2D eigenvalue weighted by Crippen LogP contribution is 2.26. The van der Waals surface area contributed by atoms with Crippen LogP contribution >= 0.6 is 27.7 Å². The van der Waals surface area contributed by atoms with Gasteiger partial charge in [-0.15, -0.1) is 10.2 Å². The molecule has 1 aromatic carbocycles. The molecule has 2 aromatic rings. The molecule has 6 heteroatoms. The molecule has 18 heavy (non-hydrogen) atoms. The summed E-state index contributed by atoms with van der Waals surface area (Å²) in [6, 6.07) is 8.51. The first kappa shape index (κ1) is 13.4. The predicted octanol–water partition coefficient (Wildman–Crippen LogP) is 3.50. The lowest BCUT2D eigenvalue weighted by atomic mass is 10.2. The molecule has 0 spiro atoms. The van der Waals surface area contributed by atoms with Crippen LogP contribution in [0.1, 0.15) is 25.5 Å². The van der Waals surface area contributed by atoms with E-state index in [4.69, 9.17) is 5.73 Å². The monoisotopic (exact) mass is 326 g/mol. The highest BCUT2D eigenvalue weighted by atomic mass is 79.9. The largest absolute Gasteiger partial charge is 0.368 e. The van der Waals surface area contributed by atoms with E-state index < -0.39 is 0 Å². The molecule has 0 amide bonds. The van der Waals surface area contributed by atoms with Crippen LogP contribution in [0.4, 0.5) is 5.95 Å². The quantitative estimate of drug-likeness (QED) is 0.873. The highest BCUT2D eigenvalue weighted by molar-refractivity contribution is 9.10. The number of rotatable bonds is 4. The molecule has 1 heterocycles. The third kappa shape index (κ3) is 3.05. The third-order valence-electron chi connectivity index (χ3n) is 2.46. The van der Waals surface area contributed by atoms with E-state index in [0.29, 0.717) is 5.95 Å². The number of thioether (sulfide) groups is 1. The summed E-state index contributed by atoms with van der Waals surface area (Å²) in [5.74, 6) is 1.33. The van der Waals surface area contributed by atoms with E-state index in [-0.39, 0.29) is 6.04 Å². The van der Waals surface area contributed by atoms with Gasteiger partial charge in [-0.25, -0.2) is 0 Å². The Morgan fingerprint density at radius 1 is 1.39 bits per heavy atom. The van der Waals surface area contributed by atoms with Crippen LogP contribution in [0, 0.1) is 0 Å². The maximum Gasteiger partial charge on any atom is 0.222 e. The smallest absolute Gasteiger partial charge is 0.222 e. The van der Waals surface area contributed by atoms with Crippen LogP contribution in [-0.2, 0) is 5.75 Å². The summed E-state index contributed by atoms with van der Waals surface area (Å²) in [5.41, 5.74) is 7.05. The fraction of sp³-hybridized carbons (Fsp3) is 0.333. The summed E-state index contributed by atoms with van der Waals surface area (Å²) < 4.78 is 3.04. The Morgan fingerprint density at radius 2 is 2.17 bits per heavy atom. The van der Waals surface area contributed by atoms with Gasteiger partial charge in [-0.05, 0) is 31.5 Å². The Hall–Kier alpha value is -1.01. The molecular weight excluding hydrogens is 312 g/mol. The average Bonchev–Trinajstić information content (AvgIpc) is 2.68. The molecule has 0 aliphatic carbocycles. The van der Waals surface area contributed by atoms with E-state index >= 15 is 0 Å². The van der Waals surface area contributed by atoms with Gasteiger partial charge in [0.25, 0.3) is 0 Å². The Labute approximate surface area is 119 Å². The van der Waals surface area contributed by atoms with Gasteiger partial charge in [-0.1, -0.05) is 39.8 Å². The molecule has 0 saturated heterocycles. The lowest BCUT2D eigenvalue weighted by molar-refractivity contribution is 0.557. The van der Waals surface area contributed by atoms with Crippen LogP contribution in [-0.4, -0.2) is 14.8 Å². The first-order chi connectivity index (χ1) is 8.58. The maximum atomic E-state index is 5.80. The number of nitrogens with zero attached hydrogens (tertiary/aromatic N) is 3. The summed E-state index contributed by atoms with van der Waals surface area (Å²) in [4.78, 5) is 0. The van der Waals surface area contributed by atoms with Crippen LogP contribution in [0.3, 0.4) is 0 Å². The Balaban J connectivity index is 2.11. The molecule has 2 rings (SSSR count). The van der Waals surface area contributed by atoms with Gasteiger partial charge < -0.3 is 5.73 Å². The zero-order valence-corrected chi connectivity index (χ0v) is 12.7. The zero-order chi connectivity index (χ0) is 13.1. The van der Waals surface area contributed by atoms with E-state index in [0.717, 1.165) is 15.4 Å². The molecule has 4 nitrogen and oxygen atoms in total. The van der Waals surface area contributed by atoms with Gasteiger partial charge in [-0.3, -0.25) is 4.57 Å². The van der Waals surface area contributed by atoms with Crippen LogP contribution in [0.5, 0.6) is 0 Å².